The van der Waals surface area contributed by atoms with Crippen LogP contribution in [0.5, 0.6) is 5.75 Å². The molecule has 1 amide bonds. The fourth-order valence-electron chi connectivity index (χ4n) is 3.17. The van der Waals surface area contributed by atoms with E-state index in [9.17, 15) is 13.6 Å². The Morgan fingerprint density at radius 1 is 1.37 bits per heavy atom. The van der Waals surface area contributed by atoms with Gasteiger partial charge in [-0.05, 0) is 25.0 Å². The minimum atomic E-state index is -2.67. The second-order valence-electron chi connectivity index (χ2n) is 6.93. The summed E-state index contributed by atoms with van der Waals surface area (Å²) in [5, 5.41) is 2.79. The van der Waals surface area contributed by atoms with E-state index in [1.165, 1.54) is 7.11 Å². The molecule has 3 heterocycles. The fraction of sp³-hybridized carbons (Fsp3) is 0.421. The summed E-state index contributed by atoms with van der Waals surface area (Å²) in [5.41, 5.74) is 2.24. The molecule has 0 unspecified atom stereocenters. The van der Waals surface area contributed by atoms with Gasteiger partial charge in [0, 0.05) is 18.2 Å². The van der Waals surface area contributed by atoms with Gasteiger partial charge in [-0.1, -0.05) is 6.07 Å². The van der Waals surface area contributed by atoms with Gasteiger partial charge in [-0.25, -0.2) is 13.8 Å². The molecule has 8 heteroatoms. The predicted molar refractivity (Wildman–Crippen MR) is 95.3 cm³/mol. The van der Waals surface area contributed by atoms with Gasteiger partial charge in [0.05, 0.1) is 43.8 Å². The Hall–Kier alpha value is -2.77. The van der Waals surface area contributed by atoms with E-state index in [0.717, 1.165) is 18.5 Å². The predicted octanol–water partition coefficient (Wildman–Crippen LogP) is 2.75. The van der Waals surface area contributed by atoms with E-state index in [2.05, 4.69) is 15.3 Å². The van der Waals surface area contributed by atoms with Gasteiger partial charge in [-0.3, -0.25) is 9.78 Å². The van der Waals surface area contributed by atoms with Gasteiger partial charge in [0.2, 0.25) is 0 Å². The molecule has 1 saturated carbocycles. The van der Waals surface area contributed by atoms with Crippen LogP contribution in [0.4, 0.5) is 14.5 Å². The summed E-state index contributed by atoms with van der Waals surface area (Å²) in [6.07, 6.45) is 3.56. The van der Waals surface area contributed by atoms with E-state index in [0.29, 0.717) is 11.4 Å². The quantitative estimate of drug-likeness (QED) is 0.842. The summed E-state index contributed by atoms with van der Waals surface area (Å²) < 4.78 is 32.0. The number of rotatable bonds is 6. The number of methoxy groups -OCH3 is 1. The zero-order valence-electron chi connectivity index (χ0n) is 14.9. The molecule has 2 fully saturated rings. The molecule has 0 spiro atoms. The Morgan fingerprint density at radius 2 is 2.15 bits per heavy atom. The monoisotopic (exact) mass is 374 g/mol. The lowest BCUT2D eigenvalue weighted by Gasteiger charge is -2.41. The normalized spacial score (nSPS) is 18.0. The third-order valence-corrected chi connectivity index (χ3v) is 4.74. The van der Waals surface area contributed by atoms with Crippen molar-refractivity contribution in [2.75, 3.05) is 25.1 Å². The first-order valence-electron chi connectivity index (χ1n) is 8.86. The second-order valence-corrected chi connectivity index (χ2v) is 6.93. The third kappa shape index (κ3) is 3.70. The average molecular weight is 374 g/mol. The molecule has 4 rings (SSSR count). The number of nitrogens with zero attached hydrogens (tertiary/aromatic N) is 3. The van der Waals surface area contributed by atoms with Crippen LogP contribution >= 0.6 is 0 Å². The molecule has 1 N–H and O–H groups in total. The lowest BCUT2D eigenvalue weighted by molar-refractivity contribution is -0.0264. The van der Waals surface area contributed by atoms with Crippen molar-refractivity contribution in [1.29, 1.82) is 0 Å². The van der Waals surface area contributed by atoms with Crippen molar-refractivity contribution in [3.05, 3.63) is 47.5 Å². The van der Waals surface area contributed by atoms with E-state index in [-0.39, 0.29) is 42.9 Å². The third-order valence-electron chi connectivity index (χ3n) is 4.74. The molecular formula is C19H20F2N4O2. The SMILES string of the molecule is COc1cc(N2CC(F)(F)C2)c(C2CC2)nc1C(=O)NCc1ccccn1. The van der Waals surface area contributed by atoms with Crippen LogP contribution < -0.4 is 15.0 Å². The van der Waals surface area contributed by atoms with E-state index in [1.54, 1.807) is 23.2 Å². The number of carbonyl (C=O) groups excluding carboxylic acids is 1. The van der Waals surface area contributed by atoms with Gasteiger partial charge in [0.15, 0.2) is 11.4 Å². The molecule has 2 aliphatic rings. The van der Waals surface area contributed by atoms with Crippen LogP contribution in [-0.2, 0) is 6.54 Å². The average Bonchev–Trinajstić information content (AvgIpc) is 3.49. The van der Waals surface area contributed by atoms with Crippen LogP contribution in [0.3, 0.4) is 0 Å². The second kappa shape index (κ2) is 6.75. The topological polar surface area (TPSA) is 67.3 Å². The highest BCUT2D eigenvalue weighted by atomic mass is 19.3. The maximum Gasteiger partial charge on any atom is 0.282 e. The number of halogens is 2. The summed E-state index contributed by atoms with van der Waals surface area (Å²) >= 11 is 0. The van der Waals surface area contributed by atoms with E-state index >= 15 is 0 Å². The molecular weight excluding hydrogens is 354 g/mol. The summed E-state index contributed by atoms with van der Waals surface area (Å²) in [7, 11) is 1.44. The molecule has 0 atom stereocenters. The Bertz CT molecular complexity index is 848. The molecule has 142 valence electrons. The van der Waals surface area contributed by atoms with Crippen molar-refractivity contribution in [2.45, 2.75) is 31.2 Å². The van der Waals surface area contributed by atoms with Crippen molar-refractivity contribution in [2.24, 2.45) is 0 Å². The highest BCUT2D eigenvalue weighted by Gasteiger charge is 2.46. The highest BCUT2D eigenvalue weighted by molar-refractivity contribution is 5.95. The Balaban J connectivity index is 1.58. The van der Waals surface area contributed by atoms with Crippen molar-refractivity contribution >= 4 is 11.6 Å². The van der Waals surface area contributed by atoms with E-state index in [1.807, 2.05) is 12.1 Å². The smallest absolute Gasteiger partial charge is 0.282 e. The Morgan fingerprint density at radius 3 is 2.74 bits per heavy atom. The minimum absolute atomic E-state index is 0.173. The zero-order valence-corrected chi connectivity index (χ0v) is 14.9. The van der Waals surface area contributed by atoms with Crippen LogP contribution in [0, 0.1) is 0 Å². The number of hydrogen-bond donors (Lipinski definition) is 1. The molecule has 0 radical (unpaired) electrons. The molecule has 1 aliphatic carbocycles. The lowest BCUT2D eigenvalue weighted by atomic mass is 10.1. The Labute approximate surface area is 155 Å². The number of anilines is 1. The first-order chi connectivity index (χ1) is 13.0. The molecule has 0 aromatic carbocycles. The minimum Gasteiger partial charge on any atom is -0.494 e. The molecule has 2 aromatic rings. The highest BCUT2D eigenvalue weighted by Crippen LogP contribution is 2.46. The van der Waals surface area contributed by atoms with Gasteiger partial charge in [0.1, 0.15) is 0 Å². The molecule has 1 aliphatic heterocycles. The summed E-state index contributed by atoms with van der Waals surface area (Å²) in [5.74, 6) is -2.56. The molecule has 0 bridgehead atoms. The van der Waals surface area contributed by atoms with Gasteiger partial charge < -0.3 is 15.0 Å². The number of hydrogen-bond acceptors (Lipinski definition) is 5. The molecule has 27 heavy (non-hydrogen) atoms. The molecule has 2 aromatic heterocycles. The van der Waals surface area contributed by atoms with Crippen molar-refractivity contribution in [1.82, 2.24) is 15.3 Å². The lowest BCUT2D eigenvalue weighted by Crippen LogP contribution is -2.56. The first kappa shape index (κ1) is 17.6. The zero-order chi connectivity index (χ0) is 19.0. The van der Waals surface area contributed by atoms with Crippen molar-refractivity contribution < 1.29 is 18.3 Å². The van der Waals surface area contributed by atoms with Gasteiger partial charge in [0.25, 0.3) is 11.8 Å². The summed E-state index contributed by atoms with van der Waals surface area (Å²) in [4.78, 5) is 22.9. The van der Waals surface area contributed by atoms with Crippen LogP contribution in [0.2, 0.25) is 0 Å². The van der Waals surface area contributed by atoms with Gasteiger partial charge >= 0.3 is 0 Å². The summed E-state index contributed by atoms with van der Waals surface area (Å²) in [6.45, 7) is -0.394. The standard InChI is InChI=1S/C19H20F2N4O2/c1-27-15-8-14(25-10-19(20,21)11-25)16(12-5-6-12)24-17(15)18(26)23-9-13-4-2-3-7-22-13/h2-4,7-8,12H,5-6,9-11H2,1H3,(H,23,26). The van der Waals surface area contributed by atoms with E-state index < -0.39 is 5.92 Å². The van der Waals surface area contributed by atoms with Crippen molar-refractivity contribution in [3.8, 4) is 5.75 Å². The number of amides is 1. The van der Waals surface area contributed by atoms with Crippen molar-refractivity contribution in [3.63, 3.8) is 0 Å². The number of carbonyl (C=O) groups is 1. The van der Waals surface area contributed by atoms with Crippen LogP contribution in [0.25, 0.3) is 0 Å². The number of pyridine rings is 2. The largest absolute Gasteiger partial charge is 0.494 e. The Kier molecular flexibility index (Phi) is 4.41. The van der Waals surface area contributed by atoms with Gasteiger partial charge in [-0.15, -0.1) is 0 Å². The van der Waals surface area contributed by atoms with E-state index in [4.69, 9.17) is 4.74 Å². The van der Waals surface area contributed by atoms with Crippen LogP contribution in [-0.4, -0.2) is 42.0 Å². The first-order valence-corrected chi connectivity index (χ1v) is 8.86. The number of nitrogens with one attached hydrogen (secondary N) is 1. The fourth-order valence-corrected chi connectivity index (χ4v) is 3.17. The van der Waals surface area contributed by atoms with Gasteiger partial charge in [-0.2, -0.15) is 0 Å². The maximum absolute atomic E-state index is 13.3. The number of ether oxygens (including phenoxy) is 1. The van der Waals surface area contributed by atoms with Crippen LogP contribution in [0.1, 0.15) is 40.6 Å². The molecule has 6 nitrogen and oxygen atoms in total. The maximum atomic E-state index is 13.3. The summed E-state index contributed by atoms with van der Waals surface area (Å²) in [6, 6.07) is 7.12. The number of aromatic nitrogens is 2. The number of alkyl halides is 2. The molecule has 1 saturated heterocycles. The van der Waals surface area contributed by atoms with Crippen LogP contribution in [0.15, 0.2) is 30.5 Å².